The molecule has 1 aliphatic heterocycles. The molecule has 0 spiro atoms. The molecule has 0 saturated carbocycles. The van der Waals surface area contributed by atoms with Gasteiger partial charge in [0.05, 0.1) is 17.4 Å². The summed E-state index contributed by atoms with van der Waals surface area (Å²) in [5, 5.41) is 1.26. The molecule has 8 heteroatoms. The summed E-state index contributed by atoms with van der Waals surface area (Å²) in [5.74, 6) is 0.266. The summed E-state index contributed by atoms with van der Waals surface area (Å²) < 4.78 is 15.3. The van der Waals surface area contributed by atoms with Gasteiger partial charge in [0.15, 0.2) is 11.5 Å². The molecule has 0 fully saturated rings. The predicted octanol–water partition coefficient (Wildman–Crippen LogP) is 4.78. The van der Waals surface area contributed by atoms with Crippen LogP contribution in [0.3, 0.4) is 0 Å². The van der Waals surface area contributed by atoms with E-state index in [1.807, 2.05) is 18.2 Å². The average Bonchev–Trinajstić information content (AvgIpc) is 3.39. The molecule has 6 nitrogen and oxygen atoms in total. The van der Waals surface area contributed by atoms with E-state index in [1.54, 1.807) is 24.5 Å². The van der Waals surface area contributed by atoms with Gasteiger partial charge in [-0.15, -0.1) is 0 Å². The van der Waals surface area contributed by atoms with Crippen LogP contribution in [0.1, 0.15) is 22.9 Å². The first-order valence-corrected chi connectivity index (χ1v) is 10.0. The van der Waals surface area contributed by atoms with Crippen molar-refractivity contribution in [1.29, 1.82) is 0 Å². The zero-order valence-corrected chi connectivity index (χ0v) is 16.5. The van der Waals surface area contributed by atoms with Gasteiger partial charge >= 0.3 is 0 Å². The van der Waals surface area contributed by atoms with Gasteiger partial charge in [-0.3, -0.25) is 0 Å². The summed E-state index contributed by atoms with van der Waals surface area (Å²) >= 11 is 6.16. The molecule has 2 aromatic carbocycles. The first-order valence-electron chi connectivity index (χ1n) is 9.66. The number of nitrogens with one attached hydrogen (secondary N) is 2. The highest BCUT2D eigenvalue weighted by Gasteiger charge is 2.35. The van der Waals surface area contributed by atoms with E-state index in [-0.39, 0.29) is 5.02 Å². The number of aromatic nitrogens is 5. The second kappa shape index (κ2) is 6.53. The third-order valence-corrected chi connectivity index (χ3v) is 6.08. The number of imidazole rings is 1. The Morgan fingerprint density at radius 1 is 1.07 bits per heavy atom. The average molecular weight is 419 g/mol. The van der Waals surface area contributed by atoms with Crippen molar-refractivity contribution in [2.45, 2.75) is 12.5 Å². The molecule has 0 radical (unpaired) electrons. The number of aromatic amines is 2. The second-order valence-corrected chi connectivity index (χ2v) is 7.76. The molecule has 5 aromatic rings. The van der Waals surface area contributed by atoms with Gasteiger partial charge in [-0.2, -0.15) is 0 Å². The molecule has 2 N–H and O–H groups in total. The standard InChI is InChI=1S/C22H16ClFN6/c23-15-6-3-5-14(17(15)24)20-18-13(12-4-1-2-7-16(12)29-18)8-9-30(20)22-19-21(26-10-25-19)27-11-28-22/h1-7,10-11,20,29H,8-9H2,(H,25,26,27,28)/t20-/m1/s1. The Morgan fingerprint density at radius 2 is 1.97 bits per heavy atom. The van der Waals surface area contributed by atoms with E-state index in [9.17, 15) is 0 Å². The lowest BCUT2D eigenvalue weighted by Gasteiger charge is -2.37. The Kier molecular flexibility index (Phi) is 3.79. The van der Waals surface area contributed by atoms with Gasteiger partial charge in [0, 0.05) is 28.7 Å². The zero-order chi connectivity index (χ0) is 20.2. The van der Waals surface area contributed by atoms with Gasteiger partial charge in [-0.05, 0) is 24.1 Å². The quantitative estimate of drug-likeness (QED) is 0.432. The lowest BCUT2D eigenvalue weighted by Crippen LogP contribution is -2.37. The lowest BCUT2D eigenvalue weighted by atomic mass is 9.92. The van der Waals surface area contributed by atoms with E-state index in [2.05, 4.69) is 35.9 Å². The fourth-order valence-corrected chi connectivity index (χ4v) is 4.68. The number of H-pyrrole nitrogens is 2. The first-order chi connectivity index (χ1) is 14.7. The maximum atomic E-state index is 15.3. The molecule has 6 rings (SSSR count). The minimum absolute atomic E-state index is 0.102. The van der Waals surface area contributed by atoms with Gasteiger partial charge < -0.3 is 14.9 Å². The molecule has 0 amide bonds. The van der Waals surface area contributed by atoms with Gasteiger partial charge in [-0.1, -0.05) is 41.9 Å². The molecule has 0 aliphatic carbocycles. The predicted molar refractivity (Wildman–Crippen MR) is 114 cm³/mol. The number of rotatable bonds is 2. The Balaban J connectivity index is 1.63. The lowest BCUT2D eigenvalue weighted by molar-refractivity contribution is 0.567. The molecule has 0 bridgehead atoms. The second-order valence-electron chi connectivity index (χ2n) is 7.35. The highest BCUT2D eigenvalue weighted by molar-refractivity contribution is 6.30. The molecule has 0 unspecified atom stereocenters. The summed E-state index contributed by atoms with van der Waals surface area (Å²) in [6.07, 6.45) is 3.89. The van der Waals surface area contributed by atoms with E-state index in [1.165, 1.54) is 11.9 Å². The summed E-state index contributed by atoms with van der Waals surface area (Å²) in [6.45, 7) is 0.663. The fraction of sp³-hybridized carbons (Fsp3) is 0.136. The van der Waals surface area contributed by atoms with Gasteiger partial charge in [0.25, 0.3) is 0 Å². The highest BCUT2D eigenvalue weighted by Crippen LogP contribution is 2.42. The Hall–Kier alpha value is -3.45. The molecule has 1 atom stereocenters. The number of anilines is 1. The van der Waals surface area contributed by atoms with Crippen molar-refractivity contribution in [3.05, 3.63) is 82.8 Å². The number of hydrogen-bond donors (Lipinski definition) is 2. The third-order valence-electron chi connectivity index (χ3n) is 5.79. The van der Waals surface area contributed by atoms with E-state index in [0.717, 1.165) is 28.5 Å². The van der Waals surface area contributed by atoms with E-state index >= 15 is 4.39 Å². The topological polar surface area (TPSA) is 73.5 Å². The number of hydrogen-bond acceptors (Lipinski definition) is 4. The van der Waals surface area contributed by atoms with Crippen molar-refractivity contribution in [1.82, 2.24) is 24.9 Å². The maximum absolute atomic E-state index is 15.3. The van der Waals surface area contributed by atoms with Crippen LogP contribution in [-0.2, 0) is 6.42 Å². The van der Waals surface area contributed by atoms with Crippen LogP contribution in [0.5, 0.6) is 0 Å². The van der Waals surface area contributed by atoms with Crippen LogP contribution in [0.15, 0.2) is 55.1 Å². The largest absolute Gasteiger partial charge is 0.356 e. The summed E-state index contributed by atoms with van der Waals surface area (Å²) in [5.41, 5.74) is 4.99. The van der Waals surface area contributed by atoms with Crippen LogP contribution < -0.4 is 4.90 Å². The normalized spacial score (nSPS) is 16.3. The summed E-state index contributed by atoms with van der Waals surface area (Å²) in [6, 6.07) is 12.9. The molecular weight excluding hydrogens is 403 g/mol. The van der Waals surface area contributed by atoms with Gasteiger partial charge in [0.2, 0.25) is 0 Å². The minimum Gasteiger partial charge on any atom is -0.356 e. The minimum atomic E-state index is -0.421. The third kappa shape index (κ3) is 2.45. The van der Waals surface area contributed by atoms with Crippen LogP contribution in [0.4, 0.5) is 10.2 Å². The van der Waals surface area contributed by atoms with E-state index in [4.69, 9.17) is 11.6 Å². The number of fused-ring (bicyclic) bond motifs is 4. The molecule has 4 heterocycles. The van der Waals surface area contributed by atoms with Crippen molar-refractivity contribution in [3.8, 4) is 0 Å². The Bertz CT molecular complexity index is 1410. The summed E-state index contributed by atoms with van der Waals surface area (Å²) in [7, 11) is 0. The number of halogens is 2. The van der Waals surface area contributed by atoms with Crippen LogP contribution in [-0.4, -0.2) is 31.5 Å². The van der Waals surface area contributed by atoms with Crippen LogP contribution in [0.25, 0.3) is 22.1 Å². The van der Waals surface area contributed by atoms with Crippen LogP contribution in [0, 0.1) is 5.82 Å². The molecule has 1 aliphatic rings. The molecule has 0 saturated heterocycles. The maximum Gasteiger partial charge on any atom is 0.182 e. The van der Waals surface area contributed by atoms with Crippen molar-refractivity contribution in [3.63, 3.8) is 0 Å². The van der Waals surface area contributed by atoms with E-state index in [0.29, 0.717) is 23.6 Å². The SMILES string of the molecule is Fc1c(Cl)cccc1[C@@H]1c2[nH]c3ccccc3c2CCN1c1ncnc2nc[nH]c12. The van der Waals surface area contributed by atoms with Crippen LogP contribution in [0.2, 0.25) is 5.02 Å². The monoisotopic (exact) mass is 418 g/mol. The van der Waals surface area contributed by atoms with E-state index < -0.39 is 11.9 Å². The molecule has 3 aromatic heterocycles. The van der Waals surface area contributed by atoms with Gasteiger partial charge in [0.1, 0.15) is 17.7 Å². The number of benzene rings is 2. The number of para-hydroxylation sites is 1. The highest BCUT2D eigenvalue weighted by atomic mass is 35.5. The summed E-state index contributed by atoms with van der Waals surface area (Å²) in [4.78, 5) is 21.8. The Labute approximate surface area is 175 Å². The molecular formula is C22H16ClFN6. The first kappa shape index (κ1) is 17.4. The fourth-order valence-electron chi connectivity index (χ4n) is 4.49. The molecule has 148 valence electrons. The number of nitrogens with zero attached hydrogens (tertiary/aromatic N) is 4. The zero-order valence-electron chi connectivity index (χ0n) is 15.7. The van der Waals surface area contributed by atoms with Crippen molar-refractivity contribution >= 4 is 39.5 Å². The molecule has 30 heavy (non-hydrogen) atoms. The van der Waals surface area contributed by atoms with Gasteiger partial charge in [-0.25, -0.2) is 19.3 Å². The smallest absolute Gasteiger partial charge is 0.182 e. The van der Waals surface area contributed by atoms with Crippen molar-refractivity contribution in [2.75, 3.05) is 11.4 Å². The Morgan fingerprint density at radius 3 is 2.90 bits per heavy atom. The van der Waals surface area contributed by atoms with Crippen molar-refractivity contribution in [2.24, 2.45) is 0 Å². The van der Waals surface area contributed by atoms with Crippen molar-refractivity contribution < 1.29 is 4.39 Å². The van der Waals surface area contributed by atoms with Crippen LogP contribution >= 0.6 is 11.6 Å².